The molecular formula is C10H19N3O4. The van der Waals surface area contributed by atoms with Gasteiger partial charge in [-0.1, -0.05) is 20.3 Å². The van der Waals surface area contributed by atoms with E-state index in [4.69, 9.17) is 10.8 Å². The van der Waals surface area contributed by atoms with Crippen LogP contribution < -0.4 is 16.4 Å². The molecule has 5 N–H and O–H groups in total. The molecule has 0 aliphatic heterocycles. The molecule has 0 unspecified atom stereocenters. The van der Waals surface area contributed by atoms with Crippen LogP contribution in [0.25, 0.3) is 0 Å². The van der Waals surface area contributed by atoms with Crippen LogP contribution in [0.3, 0.4) is 0 Å². The van der Waals surface area contributed by atoms with Crippen molar-refractivity contribution in [3.8, 4) is 0 Å². The summed E-state index contributed by atoms with van der Waals surface area (Å²) in [5.41, 5.74) is 5.64. The summed E-state index contributed by atoms with van der Waals surface area (Å²) in [5.74, 6) is -2.08. The Morgan fingerprint density at radius 3 is 2.29 bits per heavy atom. The standard InChI is InChI=1S/C10H19N3O4/c1-3-6(2)9(11)10(17)13-4-7(14)12-5-8(15)16/h6,9H,3-5,11H2,1-2H3,(H,12,14)(H,13,17)(H,15,16)/t6-,9-/m0/s1. The third-order valence-electron chi connectivity index (χ3n) is 2.42. The molecule has 0 fully saturated rings. The fraction of sp³-hybridized carbons (Fsp3) is 0.700. The quantitative estimate of drug-likeness (QED) is 0.443. The first-order valence-corrected chi connectivity index (χ1v) is 5.40. The average Bonchev–Trinajstić information content (AvgIpc) is 2.31. The highest BCUT2D eigenvalue weighted by atomic mass is 16.4. The lowest BCUT2D eigenvalue weighted by atomic mass is 9.99. The molecule has 2 amide bonds. The molecule has 0 aliphatic carbocycles. The van der Waals surface area contributed by atoms with Crippen molar-refractivity contribution < 1.29 is 19.5 Å². The van der Waals surface area contributed by atoms with Gasteiger partial charge >= 0.3 is 5.97 Å². The number of carbonyl (C=O) groups is 3. The summed E-state index contributed by atoms with van der Waals surface area (Å²) >= 11 is 0. The average molecular weight is 245 g/mol. The number of rotatable bonds is 7. The van der Waals surface area contributed by atoms with Gasteiger partial charge in [-0.15, -0.1) is 0 Å². The fourth-order valence-corrected chi connectivity index (χ4v) is 1.03. The van der Waals surface area contributed by atoms with Crippen LogP contribution in [-0.2, 0) is 14.4 Å². The second kappa shape index (κ2) is 7.61. The third-order valence-corrected chi connectivity index (χ3v) is 2.42. The maximum atomic E-state index is 11.5. The molecular weight excluding hydrogens is 226 g/mol. The van der Waals surface area contributed by atoms with Gasteiger partial charge in [-0.3, -0.25) is 14.4 Å². The topological polar surface area (TPSA) is 122 Å². The van der Waals surface area contributed by atoms with Gasteiger partial charge in [0.05, 0.1) is 12.6 Å². The zero-order valence-electron chi connectivity index (χ0n) is 10.0. The highest BCUT2D eigenvalue weighted by Crippen LogP contribution is 2.04. The van der Waals surface area contributed by atoms with Gasteiger partial charge in [0.2, 0.25) is 11.8 Å². The lowest BCUT2D eigenvalue weighted by Crippen LogP contribution is -2.48. The van der Waals surface area contributed by atoms with Crippen molar-refractivity contribution in [1.29, 1.82) is 0 Å². The third kappa shape index (κ3) is 6.52. The molecule has 7 heteroatoms. The van der Waals surface area contributed by atoms with E-state index < -0.39 is 30.4 Å². The van der Waals surface area contributed by atoms with Crippen molar-refractivity contribution in [2.24, 2.45) is 11.7 Å². The van der Waals surface area contributed by atoms with Crippen molar-refractivity contribution in [3.05, 3.63) is 0 Å². The minimum atomic E-state index is -1.14. The first-order chi connectivity index (χ1) is 7.88. The minimum absolute atomic E-state index is 0.0251. The van der Waals surface area contributed by atoms with E-state index in [0.29, 0.717) is 0 Å². The van der Waals surface area contributed by atoms with E-state index >= 15 is 0 Å². The molecule has 0 rings (SSSR count). The van der Waals surface area contributed by atoms with E-state index in [1.54, 1.807) is 0 Å². The Balaban J connectivity index is 3.91. The Hall–Kier alpha value is -1.63. The SMILES string of the molecule is CC[C@H](C)[C@H](N)C(=O)NCC(=O)NCC(=O)O. The van der Waals surface area contributed by atoms with Gasteiger partial charge < -0.3 is 21.5 Å². The number of amides is 2. The van der Waals surface area contributed by atoms with Crippen LogP contribution in [0.1, 0.15) is 20.3 Å². The smallest absolute Gasteiger partial charge is 0.322 e. The Labute approximate surface area is 99.7 Å². The molecule has 0 saturated carbocycles. The van der Waals surface area contributed by atoms with Gasteiger partial charge in [0.25, 0.3) is 0 Å². The summed E-state index contributed by atoms with van der Waals surface area (Å²) in [4.78, 5) is 32.7. The number of hydrogen-bond acceptors (Lipinski definition) is 4. The lowest BCUT2D eigenvalue weighted by molar-refractivity contribution is -0.137. The Morgan fingerprint density at radius 1 is 1.24 bits per heavy atom. The first-order valence-electron chi connectivity index (χ1n) is 5.40. The van der Waals surface area contributed by atoms with Crippen molar-refractivity contribution in [2.45, 2.75) is 26.3 Å². The molecule has 0 spiro atoms. The molecule has 0 heterocycles. The minimum Gasteiger partial charge on any atom is -0.480 e. The summed E-state index contributed by atoms with van der Waals surface area (Å²) in [6, 6.07) is -0.660. The highest BCUT2D eigenvalue weighted by Gasteiger charge is 2.19. The molecule has 0 aromatic carbocycles. The number of aliphatic carboxylic acids is 1. The summed E-state index contributed by atoms with van der Waals surface area (Å²) in [5, 5.41) is 12.8. The van der Waals surface area contributed by atoms with Gasteiger partial charge in [-0.2, -0.15) is 0 Å². The van der Waals surface area contributed by atoms with Crippen LogP contribution in [-0.4, -0.2) is 42.0 Å². The monoisotopic (exact) mass is 245 g/mol. The van der Waals surface area contributed by atoms with Gasteiger partial charge in [0.15, 0.2) is 0 Å². The fourth-order valence-electron chi connectivity index (χ4n) is 1.03. The van der Waals surface area contributed by atoms with Gasteiger partial charge in [-0.05, 0) is 5.92 Å². The van der Waals surface area contributed by atoms with Crippen LogP contribution in [0.5, 0.6) is 0 Å². The summed E-state index contributed by atoms with van der Waals surface area (Å²) in [7, 11) is 0. The molecule has 2 atom stereocenters. The summed E-state index contributed by atoms with van der Waals surface area (Å²) in [6.45, 7) is 3.02. The second-order valence-electron chi connectivity index (χ2n) is 3.80. The Bertz CT molecular complexity index is 293. The summed E-state index contributed by atoms with van der Waals surface area (Å²) < 4.78 is 0. The van der Waals surface area contributed by atoms with Gasteiger partial charge in [0, 0.05) is 0 Å². The maximum absolute atomic E-state index is 11.5. The number of carboxylic acid groups (broad SMARTS) is 1. The van der Waals surface area contributed by atoms with Gasteiger partial charge in [-0.25, -0.2) is 0 Å². The number of nitrogens with two attached hydrogens (primary N) is 1. The highest BCUT2D eigenvalue weighted by molar-refractivity contribution is 5.88. The van der Waals surface area contributed by atoms with E-state index in [1.807, 2.05) is 13.8 Å². The van der Waals surface area contributed by atoms with Crippen LogP contribution >= 0.6 is 0 Å². The Kier molecular flexibility index (Phi) is 6.88. The normalized spacial score (nSPS) is 13.6. The molecule has 17 heavy (non-hydrogen) atoms. The molecule has 0 aromatic rings. The molecule has 98 valence electrons. The molecule has 0 saturated heterocycles. The van der Waals surface area contributed by atoms with Crippen LogP contribution in [0.4, 0.5) is 0 Å². The molecule has 7 nitrogen and oxygen atoms in total. The largest absolute Gasteiger partial charge is 0.480 e. The van der Waals surface area contributed by atoms with Gasteiger partial charge in [0.1, 0.15) is 6.54 Å². The van der Waals surface area contributed by atoms with Crippen LogP contribution in [0, 0.1) is 5.92 Å². The van der Waals surface area contributed by atoms with E-state index in [1.165, 1.54) is 0 Å². The zero-order valence-corrected chi connectivity index (χ0v) is 10.0. The molecule has 0 bridgehead atoms. The van der Waals surface area contributed by atoms with Crippen molar-refractivity contribution in [1.82, 2.24) is 10.6 Å². The van der Waals surface area contributed by atoms with Crippen LogP contribution in [0.15, 0.2) is 0 Å². The number of carboxylic acids is 1. The van der Waals surface area contributed by atoms with Crippen LogP contribution in [0.2, 0.25) is 0 Å². The van der Waals surface area contributed by atoms with E-state index in [0.717, 1.165) is 6.42 Å². The van der Waals surface area contributed by atoms with Crippen molar-refractivity contribution in [3.63, 3.8) is 0 Å². The van der Waals surface area contributed by atoms with E-state index in [-0.39, 0.29) is 12.5 Å². The molecule has 0 aliphatic rings. The van der Waals surface area contributed by atoms with Crippen molar-refractivity contribution >= 4 is 17.8 Å². The predicted molar refractivity (Wildman–Crippen MR) is 61.1 cm³/mol. The predicted octanol–water partition coefficient (Wildman–Crippen LogP) is -1.32. The van der Waals surface area contributed by atoms with Crippen molar-refractivity contribution in [2.75, 3.05) is 13.1 Å². The zero-order chi connectivity index (χ0) is 13.4. The second-order valence-corrected chi connectivity index (χ2v) is 3.80. The van der Waals surface area contributed by atoms with E-state index in [2.05, 4.69) is 10.6 Å². The first kappa shape index (κ1) is 15.4. The summed E-state index contributed by atoms with van der Waals surface area (Å²) in [6.07, 6.45) is 0.764. The van der Waals surface area contributed by atoms with E-state index in [9.17, 15) is 14.4 Å². The number of hydrogen-bond donors (Lipinski definition) is 4. The Morgan fingerprint density at radius 2 is 1.82 bits per heavy atom. The molecule has 0 radical (unpaired) electrons. The lowest BCUT2D eigenvalue weighted by Gasteiger charge is -2.17. The number of carbonyl (C=O) groups excluding carboxylic acids is 2. The maximum Gasteiger partial charge on any atom is 0.322 e. The molecule has 0 aromatic heterocycles. The number of nitrogens with one attached hydrogen (secondary N) is 2.